The molecule has 6 heteroatoms. The topological polar surface area (TPSA) is 75.7 Å². The van der Waals surface area contributed by atoms with Gasteiger partial charge in [-0.1, -0.05) is 80.3 Å². The Bertz CT molecular complexity index is 1170. The molecule has 3 amide bonds. The number of nitrogens with zero attached hydrogens (tertiary/aromatic N) is 1. The Morgan fingerprint density at radius 1 is 0.730 bits per heavy atom. The van der Waals surface area contributed by atoms with E-state index in [1.165, 1.54) is 4.90 Å². The Hall–Kier alpha value is -3.93. The predicted octanol–water partition coefficient (Wildman–Crippen LogP) is 5.93. The quantitative estimate of drug-likeness (QED) is 0.234. The van der Waals surface area contributed by atoms with Gasteiger partial charge in [-0.25, -0.2) is 0 Å². The summed E-state index contributed by atoms with van der Waals surface area (Å²) >= 11 is 0. The van der Waals surface area contributed by atoms with E-state index in [9.17, 15) is 14.4 Å². The first-order chi connectivity index (χ1) is 18.1. The molecule has 3 aromatic carbocycles. The number of fused-ring (bicyclic) bond motifs is 1. The lowest BCUT2D eigenvalue weighted by molar-refractivity contribution is -0.121. The monoisotopic (exact) mass is 498 g/mol. The molecule has 1 heterocycles. The smallest absolute Gasteiger partial charge is 0.261 e. The van der Waals surface area contributed by atoms with Gasteiger partial charge < -0.3 is 10.1 Å². The zero-order valence-electron chi connectivity index (χ0n) is 21.3. The van der Waals surface area contributed by atoms with E-state index in [0.29, 0.717) is 24.1 Å². The van der Waals surface area contributed by atoms with Crippen molar-refractivity contribution in [2.24, 2.45) is 0 Å². The third-order valence-electron chi connectivity index (χ3n) is 6.80. The van der Waals surface area contributed by atoms with Gasteiger partial charge in [0.05, 0.1) is 24.3 Å². The summed E-state index contributed by atoms with van der Waals surface area (Å²) < 4.78 is 5.27. The van der Waals surface area contributed by atoms with Crippen molar-refractivity contribution in [2.45, 2.75) is 51.0 Å². The number of rotatable bonds is 13. The number of amides is 3. The molecule has 0 aliphatic carbocycles. The molecule has 0 radical (unpaired) electrons. The minimum absolute atomic E-state index is 0.0373. The van der Waals surface area contributed by atoms with Gasteiger partial charge >= 0.3 is 0 Å². The molecule has 1 aliphatic rings. The van der Waals surface area contributed by atoms with Crippen LogP contribution in [0.4, 0.5) is 0 Å². The molecular weight excluding hydrogens is 464 g/mol. The van der Waals surface area contributed by atoms with Crippen molar-refractivity contribution >= 4 is 17.7 Å². The number of methoxy groups -OCH3 is 1. The molecule has 0 spiro atoms. The summed E-state index contributed by atoms with van der Waals surface area (Å²) in [6.07, 6.45) is 6.07. The van der Waals surface area contributed by atoms with Crippen LogP contribution in [0, 0.1) is 0 Å². The number of benzene rings is 3. The van der Waals surface area contributed by atoms with E-state index in [1.54, 1.807) is 31.4 Å². The van der Waals surface area contributed by atoms with Crippen LogP contribution in [-0.2, 0) is 4.79 Å². The highest BCUT2D eigenvalue weighted by molar-refractivity contribution is 6.21. The summed E-state index contributed by atoms with van der Waals surface area (Å²) in [5, 5.41) is 3.20. The highest BCUT2D eigenvalue weighted by atomic mass is 16.5. The van der Waals surface area contributed by atoms with Gasteiger partial charge in [0, 0.05) is 13.0 Å². The van der Waals surface area contributed by atoms with Crippen LogP contribution in [0.25, 0.3) is 0 Å². The van der Waals surface area contributed by atoms with Gasteiger partial charge in [0.15, 0.2) is 0 Å². The van der Waals surface area contributed by atoms with Crippen molar-refractivity contribution in [3.63, 3.8) is 0 Å². The van der Waals surface area contributed by atoms with Gasteiger partial charge in [-0.3, -0.25) is 19.3 Å². The molecule has 3 aromatic rings. The summed E-state index contributed by atoms with van der Waals surface area (Å²) in [6, 6.07) is 24.6. The number of imide groups is 1. The molecule has 192 valence electrons. The number of hydrogen-bond acceptors (Lipinski definition) is 4. The molecule has 4 rings (SSSR count). The second-order valence-electron chi connectivity index (χ2n) is 9.36. The summed E-state index contributed by atoms with van der Waals surface area (Å²) in [5.41, 5.74) is 3.07. The average molecular weight is 499 g/mol. The minimum Gasteiger partial charge on any atom is -0.497 e. The number of unbranched alkanes of at least 4 members (excludes halogenated alkanes) is 5. The van der Waals surface area contributed by atoms with Gasteiger partial charge in [-0.05, 0) is 48.2 Å². The van der Waals surface area contributed by atoms with Gasteiger partial charge in [-0.15, -0.1) is 0 Å². The summed E-state index contributed by atoms with van der Waals surface area (Å²) in [7, 11) is 1.64. The van der Waals surface area contributed by atoms with Crippen LogP contribution in [0.5, 0.6) is 5.75 Å². The number of carbonyl (C=O) groups is 3. The Labute approximate surface area is 218 Å². The van der Waals surface area contributed by atoms with E-state index in [0.717, 1.165) is 55.4 Å². The van der Waals surface area contributed by atoms with Crippen molar-refractivity contribution in [1.29, 1.82) is 0 Å². The van der Waals surface area contributed by atoms with E-state index >= 15 is 0 Å². The standard InChI is InChI=1S/C31H34N2O4/c1-37-25-20-18-24(19-21-25)29(23-13-7-6-8-14-23)32-28(34)17-9-4-2-3-5-12-22-33-30(35)26-15-10-11-16-27(26)31(33)36/h6-8,10-11,13-16,18-21,29H,2-5,9,12,17,22H2,1H3,(H,32,34). The SMILES string of the molecule is COc1ccc(C(NC(=O)CCCCCCCCN2C(=O)c3ccccc3C2=O)c2ccccc2)cc1. The normalized spacial score (nSPS) is 13.4. The Morgan fingerprint density at radius 3 is 1.89 bits per heavy atom. The molecule has 0 bridgehead atoms. The van der Waals surface area contributed by atoms with E-state index in [-0.39, 0.29) is 23.8 Å². The molecule has 1 N–H and O–H groups in total. The maximum Gasteiger partial charge on any atom is 0.261 e. The Morgan fingerprint density at radius 2 is 1.27 bits per heavy atom. The fourth-order valence-electron chi connectivity index (χ4n) is 4.74. The maximum atomic E-state index is 12.8. The largest absolute Gasteiger partial charge is 0.497 e. The molecule has 37 heavy (non-hydrogen) atoms. The van der Waals surface area contributed by atoms with E-state index < -0.39 is 0 Å². The van der Waals surface area contributed by atoms with Crippen molar-refractivity contribution in [1.82, 2.24) is 10.2 Å². The van der Waals surface area contributed by atoms with Crippen LogP contribution >= 0.6 is 0 Å². The number of hydrogen-bond donors (Lipinski definition) is 1. The predicted molar refractivity (Wildman–Crippen MR) is 144 cm³/mol. The van der Waals surface area contributed by atoms with Gasteiger partial charge in [0.2, 0.25) is 5.91 Å². The molecule has 6 nitrogen and oxygen atoms in total. The van der Waals surface area contributed by atoms with E-state index in [2.05, 4.69) is 5.32 Å². The second-order valence-corrected chi connectivity index (χ2v) is 9.36. The van der Waals surface area contributed by atoms with E-state index in [4.69, 9.17) is 4.74 Å². The first kappa shape index (κ1) is 26.1. The minimum atomic E-state index is -0.207. The molecule has 1 atom stereocenters. The second kappa shape index (κ2) is 12.9. The third-order valence-corrected chi connectivity index (χ3v) is 6.80. The number of ether oxygens (including phenoxy) is 1. The zero-order chi connectivity index (χ0) is 26.0. The summed E-state index contributed by atoms with van der Waals surface area (Å²) in [6.45, 7) is 0.459. The lowest BCUT2D eigenvalue weighted by Gasteiger charge is -2.20. The van der Waals surface area contributed by atoms with Gasteiger partial charge in [0.1, 0.15) is 5.75 Å². The molecule has 0 saturated carbocycles. The van der Waals surface area contributed by atoms with Crippen molar-refractivity contribution in [2.75, 3.05) is 13.7 Å². The van der Waals surface area contributed by atoms with Crippen LogP contribution in [-0.4, -0.2) is 36.3 Å². The Kier molecular flexibility index (Phi) is 9.08. The van der Waals surface area contributed by atoms with Gasteiger partial charge in [0.25, 0.3) is 11.8 Å². The van der Waals surface area contributed by atoms with Crippen molar-refractivity contribution in [3.8, 4) is 5.75 Å². The van der Waals surface area contributed by atoms with Crippen LogP contribution < -0.4 is 10.1 Å². The first-order valence-corrected chi connectivity index (χ1v) is 13.0. The number of nitrogens with one attached hydrogen (secondary N) is 1. The lowest BCUT2D eigenvalue weighted by Crippen LogP contribution is -2.30. The first-order valence-electron chi connectivity index (χ1n) is 13.0. The molecule has 1 aliphatic heterocycles. The third kappa shape index (κ3) is 6.64. The lowest BCUT2D eigenvalue weighted by atomic mass is 9.98. The summed E-state index contributed by atoms with van der Waals surface area (Å²) in [4.78, 5) is 39.0. The molecule has 0 aromatic heterocycles. The van der Waals surface area contributed by atoms with Crippen molar-refractivity contribution in [3.05, 3.63) is 101 Å². The fourth-order valence-corrected chi connectivity index (χ4v) is 4.74. The van der Waals surface area contributed by atoms with Gasteiger partial charge in [-0.2, -0.15) is 0 Å². The van der Waals surface area contributed by atoms with Crippen LogP contribution in [0.15, 0.2) is 78.9 Å². The fraction of sp³-hybridized carbons (Fsp3) is 0.323. The highest BCUT2D eigenvalue weighted by Crippen LogP contribution is 2.25. The summed E-state index contributed by atoms with van der Waals surface area (Å²) in [5.74, 6) is 0.450. The average Bonchev–Trinajstić information content (AvgIpc) is 3.18. The molecule has 0 fully saturated rings. The Balaban J connectivity index is 1.15. The van der Waals surface area contributed by atoms with Crippen LogP contribution in [0.3, 0.4) is 0 Å². The van der Waals surface area contributed by atoms with Crippen LogP contribution in [0.2, 0.25) is 0 Å². The van der Waals surface area contributed by atoms with E-state index in [1.807, 2.05) is 54.6 Å². The molecule has 0 saturated heterocycles. The molecule has 1 unspecified atom stereocenters. The number of carbonyl (C=O) groups excluding carboxylic acids is 3. The molecular formula is C31H34N2O4. The van der Waals surface area contributed by atoms with Crippen LogP contribution in [0.1, 0.15) is 82.8 Å². The highest BCUT2D eigenvalue weighted by Gasteiger charge is 2.34. The zero-order valence-corrected chi connectivity index (χ0v) is 21.3. The maximum absolute atomic E-state index is 12.8. The van der Waals surface area contributed by atoms with Crippen molar-refractivity contribution < 1.29 is 19.1 Å².